The van der Waals surface area contributed by atoms with Gasteiger partial charge in [-0.1, -0.05) is 30.3 Å². The maximum absolute atomic E-state index is 13.0. The zero-order valence-electron chi connectivity index (χ0n) is 15.6. The number of piperazine rings is 1. The lowest BCUT2D eigenvalue weighted by Gasteiger charge is -2.37. The van der Waals surface area contributed by atoms with E-state index in [2.05, 4.69) is 0 Å². The van der Waals surface area contributed by atoms with E-state index in [1.165, 1.54) is 12.1 Å². The van der Waals surface area contributed by atoms with Crippen molar-refractivity contribution in [1.29, 1.82) is 0 Å². The van der Waals surface area contributed by atoms with Crippen molar-refractivity contribution in [3.05, 3.63) is 65.5 Å². The normalized spacial score (nSPS) is 19.0. The maximum atomic E-state index is 13.0. The van der Waals surface area contributed by atoms with Gasteiger partial charge in [-0.05, 0) is 35.7 Å². The van der Waals surface area contributed by atoms with Gasteiger partial charge in [-0.15, -0.1) is 0 Å². The Morgan fingerprint density at radius 3 is 2.39 bits per heavy atom. The number of amides is 2. The van der Waals surface area contributed by atoms with Crippen molar-refractivity contribution < 1.29 is 18.7 Å². The second-order valence-corrected chi connectivity index (χ2v) is 7.33. The maximum Gasteiger partial charge on any atom is 0.229 e. The Morgan fingerprint density at radius 2 is 1.64 bits per heavy atom. The lowest BCUT2D eigenvalue weighted by molar-refractivity contribution is -0.142. The van der Waals surface area contributed by atoms with Crippen molar-refractivity contribution >= 4 is 11.8 Å². The standard InChI is InChI=1S/C22H23FN2O3/c23-19-7-5-16(6-8-19)13-21(26)24-9-11-25(12-10-24)22(27)18-14-17-3-1-2-4-20(17)28-15-18/h1-8,18H,9-15H2. The van der Waals surface area contributed by atoms with Gasteiger partial charge in [0, 0.05) is 26.2 Å². The van der Waals surface area contributed by atoms with Crippen molar-refractivity contribution in [3.8, 4) is 5.75 Å². The van der Waals surface area contributed by atoms with E-state index in [0.717, 1.165) is 16.9 Å². The summed E-state index contributed by atoms with van der Waals surface area (Å²) in [7, 11) is 0. The highest BCUT2D eigenvalue weighted by Gasteiger charge is 2.32. The highest BCUT2D eigenvalue weighted by Crippen LogP contribution is 2.28. The molecule has 1 fully saturated rings. The molecule has 2 aromatic carbocycles. The smallest absolute Gasteiger partial charge is 0.229 e. The number of ether oxygens (including phenoxy) is 1. The molecule has 0 N–H and O–H groups in total. The van der Waals surface area contributed by atoms with Crippen molar-refractivity contribution in [2.75, 3.05) is 32.8 Å². The van der Waals surface area contributed by atoms with Crippen LogP contribution in [-0.4, -0.2) is 54.4 Å². The molecule has 0 radical (unpaired) electrons. The third-order valence-electron chi connectivity index (χ3n) is 5.44. The molecule has 146 valence electrons. The highest BCUT2D eigenvalue weighted by molar-refractivity contribution is 5.81. The van der Waals surface area contributed by atoms with Crippen LogP contribution in [0.2, 0.25) is 0 Å². The Morgan fingerprint density at radius 1 is 0.964 bits per heavy atom. The molecular formula is C22H23FN2O3. The summed E-state index contributed by atoms with van der Waals surface area (Å²) in [6.45, 7) is 2.52. The Hall–Kier alpha value is -2.89. The van der Waals surface area contributed by atoms with Gasteiger partial charge in [0.2, 0.25) is 11.8 Å². The predicted molar refractivity (Wildman–Crippen MR) is 102 cm³/mol. The number of nitrogens with zero attached hydrogens (tertiary/aromatic N) is 2. The summed E-state index contributed by atoms with van der Waals surface area (Å²) < 4.78 is 18.7. The largest absolute Gasteiger partial charge is 0.492 e. The number of rotatable bonds is 3. The number of hydrogen-bond acceptors (Lipinski definition) is 3. The van der Waals surface area contributed by atoms with E-state index in [1.54, 1.807) is 17.0 Å². The first-order valence-corrected chi connectivity index (χ1v) is 9.62. The van der Waals surface area contributed by atoms with Crippen LogP contribution in [0.15, 0.2) is 48.5 Å². The van der Waals surface area contributed by atoms with Gasteiger partial charge < -0.3 is 14.5 Å². The predicted octanol–water partition coefficient (Wildman–Crippen LogP) is 2.29. The zero-order valence-corrected chi connectivity index (χ0v) is 15.6. The molecule has 1 atom stereocenters. The minimum Gasteiger partial charge on any atom is -0.492 e. The van der Waals surface area contributed by atoms with E-state index in [0.29, 0.717) is 39.2 Å². The summed E-state index contributed by atoms with van der Waals surface area (Å²) in [6.07, 6.45) is 0.945. The van der Waals surface area contributed by atoms with Crippen LogP contribution in [0.3, 0.4) is 0 Å². The first kappa shape index (κ1) is 18.5. The number of carbonyl (C=O) groups excluding carboxylic acids is 2. The number of benzene rings is 2. The molecule has 1 unspecified atom stereocenters. The monoisotopic (exact) mass is 382 g/mol. The van der Waals surface area contributed by atoms with Gasteiger partial charge in [0.25, 0.3) is 0 Å². The summed E-state index contributed by atoms with van der Waals surface area (Å²) in [4.78, 5) is 29.0. The quantitative estimate of drug-likeness (QED) is 0.819. The van der Waals surface area contributed by atoms with E-state index < -0.39 is 0 Å². The van der Waals surface area contributed by atoms with Gasteiger partial charge in [-0.2, -0.15) is 0 Å². The molecule has 0 bridgehead atoms. The summed E-state index contributed by atoms with van der Waals surface area (Å²) in [5.41, 5.74) is 1.86. The van der Waals surface area contributed by atoms with Crippen LogP contribution in [0.1, 0.15) is 11.1 Å². The number of carbonyl (C=O) groups is 2. The van der Waals surface area contributed by atoms with Crippen LogP contribution < -0.4 is 4.74 Å². The van der Waals surface area contributed by atoms with Crippen LogP contribution in [-0.2, 0) is 22.4 Å². The lowest BCUT2D eigenvalue weighted by Crippen LogP contribution is -2.53. The van der Waals surface area contributed by atoms with Crippen LogP contribution in [0.4, 0.5) is 4.39 Å². The first-order valence-electron chi connectivity index (χ1n) is 9.62. The fraction of sp³-hybridized carbons (Fsp3) is 0.364. The van der Waals surface area contributed by atoms with Gasteiger partial charge in [0.15, 0.2) is 0 Å². The van der Waals surface area contributed by atoms with Crippen LogP contribution in [0, 0.1) is 11.7 Å². The zero-order chi connectivity index (χ0) is 19.5. The van der Waals surface area contributed by atoms with E-state index in [1.807, 2.05) is 29.2 Å². The van der Waals surface area contributed by atoms with E-state index >= 15 is 0 Å². The third kappa shape index (κ3) is 4.01. The Balaban J connectivity index is 1.29. The molecule has 2 aliphatic heterocycles. The molecule has 28 heavy (non-hydrogen) atoms. The molecule has 0 saturated carbocycles. The van der Waals surface area contributed by atoms with Crippen LogP contribution >= 0.6 is 0 Å². The Labute approximate surface area is 163 Å². The summed E-state index contributed by atoms with van der Waals surface area (Å²) in [6, 6.07) is 13.8. The summed E-state index contributed by atoms with van der Waals surface area (Å²) >= 11 is 0. The second-order valence-electron chi connectivity index (χ2n) is 7.33. The summed E-state index contributed by atoms with van der Waals surface area (Å²) in [5, 5.41) is 0. The van der Waals surface area contributed by atoms with Crippen LogP contribution in [0.25, 0.3) is 0 Å². The molecule has 6 heteroatoms. The number of fused-ring (bicyclic) bond motifs is 1. The molecule has 0 aliphatic carbocycles. The minimum atomic E-state index is -0.308. The average molecular weight is 382 g/mol. The van der Waals surface area contributed by atoms with E-state index in [-0.39, 0.29) is 30.0 Å². The fourth-order valence-corrected chi connectivity index (χ4v) is 3.81. The Kier molecular flexibility index (Phi) is 5.28. The molecule has 2 aromatic rings. The van der Waals surface area contributed by atoms with Crippen molar-refractivity contribution in [3.63, 3.8) is 0 Å². The van der Waals surface area contributed by atoms with Crippen molar-refractivity contribution in [1.82, 2.24) is 9.80 Å². The highest BCUT2D eigenvalue weighted by atomic mass is 19.1. The molecule has 0 aromatic heterocycles. The molecule has 5 nitrogen and oxygen atoms in total. The van der Waals surface area contributed by atoms with Crippen LogP contribution in [0.5, 0.6) is 5.75 Å². The molecule has 1 saturated heterocycles. The first-order chi connectivity index (χ1) is 13.6. The number of para-hydroxylation sites is 1. The number of hydrogen-bond donors (Lipinski definition) is 0. The van der Waals surface area contributed by atoms with Crippen molar-refractivity contribution in [2.45, 2.75) is 12.8 Å². The van der Waals surface area contributed by atoms with Gasteiger partial charge in [0.1, 0.15) is 18.2 Å². The molecule has 2 amide bonds. The topological polar surface area (TPSA) is 49.9 Å². The molecular weight excluding hydrogens is 359 g/mol. The molecule has 0 spiro atoms. The van der Waals surface area contributed by atoms with Gasteiger partial charge >= 0.3 is 0 Å². The molecule has 2 heterocycles. The van der Waals surface area contributed by atoms with E-state index in [4.69, 9.17) is 4.74 Å². The number of halogens is 1. The Bertz CT molecular complexity index is 860. The van der Waals surface area contributed by atoms with Gasteiger partial charge in [-0.25, -0.2) is 4.39 Å². The average Bonchev–Trinajstić information content (AvgIpc) is 2.74. The summed E-state index contributed by atoms with van der Waals surface area (Å²) in [5.74, 6) is 0.491. The van der Waals surface area contributed by atoms with Crippen molar-refractivity contribution in [2.24, 2.45) is 5.92 Å². The van der Waals surface area contributed by atoms with Gasteiger partial charge in [0.05, 0.1) is 12.3 Å². The second kappa shape index (κ2) is 8.00. The van der Waals surface area contributed by atoms with E-state index in [9.17, 15) is 14.0 Å². The fourth-order valence-electron chi connectivity index (χ4n) is 3.81. The SMILES string of the molecule is O=C(Cc1ccc(F)cc1)N1CCN(C(=O)C2COc3ccccc3C2)CC1. The minimum absolute atomic E-state index is 0.00799. The molecule has 2 aliphatic rings. The third-order valence-corrected chi connectivity index (χ3v) is 5.44. The molecule has 4 rings (SSSR count). The van der Waals surface area contributed by atoms with Gasteiger partial charge in [-0.3, -0.25) is 9.59 Å². The lowest BCUT2D eigenvalue weighted by atomic mass is 9.95.